The van der Waals surface area contributed by atoms with Gasteiger partial charge in [-0.25, -0.2) is 17.5 Å². The number of amides is 2. The number of hydroxylamine groups is 1. The summed E-state index contributed by atoms with van der Waals surface area (Å²) in [5.41, 5.74) is 3.09. The van der Waals surface area contributed by atoms with Crippen LogP contribution >= 0.6 is 0 Å². The molecule has 0 bridgehead atoms. The fourth-order valence-electron chi connectivity index (χ4n) is 2.28. The van der Waals surface area contributed by atoms with E-state index >= 15 is 0 Å². The van der Waals surface area contributed by atoms with E-state index in [1.165, 1.54) is 19.1 Å². The number of sulfonamides is 1. The van der Waals surface area contributed by atoms with Crippen LogP contribution in [0.4, 0.5) is 13.6 Å². The molecule has 12 heteroatoms. The van der Waals surface area contributed by atoms with Crippen molar-refractivity contribution in [1.82, 2.24) is 19.8 Å². The number of urea groups is 1. The maximum Gasteiger partial charge on any atom is 0.387 e. The summed E-state index contributed by atoms with van der Waals surface area (Å²) in [5.74, 6) is -0.581. The predicted molar refractivity (Wildman–Crippen MR) is 93.3 cm³/mol. The number of hydrogen-bond donors (Lipinski definition) is 1. The van der Waals surface area contributed by atoms with Crippen LogP contribution in [0.25, 0.3) is 0 Å². The topological polar surface area (TPSA) is 111 Å². The molecule has 0 saturated heterocycles. The molecule has 2 amide bonds. The van der Waals surface area contributed by atoms with Gasteiger partial charge in [0.2, 0.25) is 0 Å². The lowest BCUT2D eigenvalue weighted by Gasteiger charge is -2.22. The number of carbonyl (C=O) groups excluding carboxylic acids is 1. The van der Waals surface area contributed by atoms with Gasteiger partial charge in [0.1, 0.15) is 10.6 Å². The zero-order valence-electron chi connectivity index (χ0n) is 15.2. The van der Waals surface area contributed by atoms with E-state index in [1.807, 2.05) is 5.48 Å². The van der Waals surface area contributed by atoms with Crippen molar-refractivity contribution in [1.29, 1.82) is 0 Å². The lowest BCUT2D eigenvalue weighted by atomic mass is 10.3. The normalized spacial score (nSPS) is 11.2. The molecule has 1 N–H and O–H groups in total. The summed E-state index contributed by atoms with van der Waals surface area (Å²) in [4.78, 5) is 24.6. The lowest BCUT2D eigenvalue weighted by Crippen LogP contribution is -2.45. The minimum atomic E-state index is -4.51. The number of halogens is 2. The third-order valence-electron chi connectivity index (χ3n) is 3.34. The van der Waals surface area contributed by atoms with Crippen molar-refractivity contribution in [2.24, 2.45) is 0 Å². The molecule has 0 saturated carbocycles. The number of nitrogens with zero attached hydrogens (tertiary/aromatic N) is 3. The smallest absolute Gasteiger partial charge is 0.387 e. The highest BCUT2D eigenvalue weighted by molar-refractivity contribution is 7.89. The van der Waals surface area contributed by atoms with Crippen molar-refractivity contribution in [2.45, 2.75) is 32.3 Å². The molecule has 0 unspecified atom stereocenters. The van der Waals surface area contributed by atoms with Crippen molar-refractivity contribution in [3.05, 3.63) is 41.7 Å². The summed E-state index contributed by atoms with van der Waals surface area (Å²) in [6.07, 6.45) is 0. The highest BCUT2D eigenvalue weighted by Gasteiger charge is 2.32. The second kappa shape index (κ2) is 8.78. The quantitative estimate of drug-likeness (QED) is 0.690. The number of ether oxygens (including phenoxy) is 1. The monoisotopic (exact) mass is 416 g/mol. The third kappa shape index (κ3) is 5.03. The van der Waals surface area contributed by atoms with E-state index in [-0.39, 0.29) is 12.6 Å². The SMILES string of the molecule is CCN(C(=O)NOc1nc(C)cc(C)n1)S(=O)(=O)c1ccccc1OC(F)F. The standard InChI is InChI=1S/C16H18F2N4O5S/c1-4-22(16(23)21-27-15-19-10(2)9-11(3)20-15)28(24,25)13-8-6-5-7-12(13)26-14(17)18/h5-9,14H,4H2,1-3H3,(H,21,23). The number of aromatic nitrogens is 2. The molecule has 0 spiro atoms. The first-order chi connectivity index (χ1) is 13.1. The molecular weight excluding hydrogens is 398 g/mol. The summed E-state index contributed by atoms with van der Waals surface area (Å²) in [5, 5.41) is 0. The van der Waals surface area contributed by atoms with Gasteiger partial charge in [-0.05, 0) is 39.0 Å². The molecule has 0 fully saturated rings. The minimum Gasteiger partial charge on any atom is -0.433 e. The van der Waals surface area contributed by atoms with Crippen LogP contribution in [0.15, 0.2) is 35.2 Å². The van der Waals surface area contributed by atoms with Crippen LogP contribution in [0.2, 0.25) is 0 Å². The average Bonchev–Trinajstić information content (AvgIpc) is 2.59. The van der Waals surface area contributed by atoms with Crippen LogP contribution in [0.3, 0.4) is 0 Å². The molecule has 1 heterocycles. The molecule has 0 atom stereocenters. The molecule has 152 valence electrons. The van der Waals surface area contributed by atoms with E-state index in [9.17, 15) is 22.0 Å². The van der Waals surface area contributed by atoms with Gasteiger partial charge in [-0.3, -0.25) is 0 Å². The number of carbonyl (C=O) groups is 1. The van der Waals surface area contributed by atoms with Gasteiger partial charge in [0, 0.05) is 17.9 Å². The van der Waals surface area contributed by atoms with E-state index in [0.717, 1.165) is 12.1 Å². The second-order valence-electron chi connectivity index (χ2n) is 5.44. The predicted octanol–water partition coefficient (Wildman–Crippen LogP) is 2.41. The molecular formula is C16H18F2N4O5S. The van der Waals surface area contributed by atoms with Gasteiger partial charge in [0.05, 0.1) is 0 Å². The molecule has 9 nitrogen and oxygen atoms in total. The van der Waals surface area contributed by atoms with E-state index < -0.39 is 33.3 Å². The fraction of sp³-hybridized carbons (Fsp3) is 0.312. The Balaban J connectivity index is 2.24. The van der Waals surface area contributed by atoms with Crippen LogP contribution < -0.4 is 15.1 Å². The van der Waals surface area contributed by atoms with Gasteiger partial charge in [-0.1, -0.05) is 12.1 Å². The summed E-state index contributed by atoms with van der Waals surface area (Å²) < 4.78 is 55.3. The summed E-state index contributed by atoms with van der Waals surface area (Å²) in [7, 11) is -4.51. The number of para-hydroxylation sites is 1. The Hall–Kier alpha value is -3.02. The maximum absolute atomic E-state index is 12.8. The van der Waals surface area contributed by atoms with Crippen molar-refractivity contribution in [2.75, 3.05) is 6.54 Å². The Morgan fingerprint density at radius 2 is 1.82 bits per heavy atom. The number of nitrogens with one attached hydrogen (secondary N) is 1. The van der Waals surface area contributed by atoms with Crippen molar-refractivity contribution >= 4 is 16.1 Å². The summed E-state index contributed by atoms with van der Waals surface area (Å²) in [6.45, 7) is 1.23. The highest BCUT2D eigenvalue weighted by atomic mass is 32.2. The molecule has 2 aromatic rings. The van der Waals surface area contributed by atoms with Gasteiger partial charge in [-0.15, -0.1) is 0 Å². The number of alkyl halides is 2. The number of rotatable bonds is 7. The van der Waals surface area contributed by atoms with Gasteiger partial charge < -0.3 is 9.57 Å². The number of hydrogen-bond acceptors (Lipinski definition) is 7. The zero-order valence-corrected chi connectivity index (χ0v) is 16.0. The van der Waals surface area contributed by atoms with Gasteiger partial charge in [-0.2, -0.15) is 24.2 Å². The van der Waals surface area contributed by atoms with Crippen LogP contribution in [-0.2, 0) is 10.0 Å². The van der Waals surface area contributed by atoms with Crippen molar-refractivity contribution in [3.63, 3.8) is 0 Å². The largest absolute Gasteiger partial charge is 0.433 e. The lowest BCUT2D eigenvalue weighted by molar-refractivity contribution is -0.0517. The van der Waals surface area contributed by atoms with E-state index in [2.05, 4.69) is 14.7 Å². The molecule has 0 radical (unpaired) electrons. The minimum absolute atomic E-state index is 0.180. The van der Waals surface area contributed by atoms with Crippen LogP contribution in [0.5, 0.6) is 11.8 Å². The molecule has 1 aromatic heterocycles. The van der Waals surface area contributed by atoms with Gasteiger partial charge >= 0.3 is 18.7 Å². The fourth-order valence-corrected chi connectivity index (χ4v) is 3.73. The Morgan fingerprint density at radius 3 is 2.39 bits per heavy atom. The average molecular weight is 416 g/mol. The second-order valence-corrected chi connectivity index (χ2v) is 7.27. The number of aryl methyl sites for hydroxylation is 2. The summed E-state index contributed by atoms with van der Waals surface area (Å²) >= 11 is 0. The highest BCUT2D eigenvalue weighted by Crippen LogP contribution is 2.28. The van der Waals surface area contributed by atoms with E-state index in [0.29, 0.717) is 15.7 Å². The number of benzene rings is 1. The first-order valence-electron chi connectivity index (χ1n) is 8.00. The van der Waals surface area contributed by atoms with E-state index in [4.69, 9.17) is 4.84 Å². The Bertz CT molecular complexity index is 936. The Labute approximate surface area is 160 Å². The molecule has 28 heavy (non-hydrogen) atoms. The third-order valence-corrected chi connectivity index (χ3v) is 5.24. The Kier molecular flexibility index (Phi) is 6.67. The van der Waals surface area contributed by atoms with Crippen LogP contribution in [0, 0.1) is 13.8 Å². The molecule has 2 rings (SSSR count). The molecule has 1 aromatic carbocycles. The van der Waals surface area contributed by atoms with Gasteiger partial charge in [0.25, 0.3) is 10.0 Å². The van der Waals surface area contributed by atoms with Crippen molar-refractivity contribution in [3.8, 4) is 11.8 Å². The van der Waals surface area contributed by atoms with Crippen LogP contribution in [0.1, 0.15) is 18.3 Å². The first kappa shape index (κ1) is 21.3. The van der Waals surface area contributed by atoms with Crippen molar-refractivity contribution < 1.29 is 31.6 Å². The Morgan fingerprint density at radius 1 is 1.21 bits per heavy atom. The summed E-state index contributed by atoms with van der Waals surface area (Å²) in [6, 6.07) is 5.10. The molecule has 0 aliphatic rings. The molecule has 0 aliphatic heterocycles. The maximum atomic E-state index is 12.8. The van der Waals surface area contributed by atoms with Gasteiger partial charge in [0.15, 0.2) is 0 Å². The van der Waals surface area contributed by atoms with E-state index in [1.54, 1.807) is 19.9 Å². The van der Waals surface area contributed by atoms with Crippen LogP contribution in [-0.4, -0.2) is 41.9 Å². The zero-order chi connectivity index (χ0) is 20.9. The molecule has 0 aliphatic carbocycles. The first-order valence-corrected chi connectivity index (χ1v) is 9.44.